The third kappa shape index (κ3) is 6.95. The fraction of sp³-hybridized carbons (Fsp3) is 0.875. The molecule has 10 heteroatoms. The summed E-state index contributed by atoms with van der Waals surface area (Å²) in [5.41, 5.74) is -2.90. The Morgan fingerprint density at radius 1 is 1.15 bits per heavy atom. The fourth-order valence-electron chi connectivity index (χ4n) is 2.22. The normalized spacial score (nSPS) is 15.8. The molecule has 0 saturated carbocycles. The molecule has 0 rings (SSSR count). The molecule has 0 aromatic carbocycles. The van der Waals surface area contributed by atoms with Gasteiger partial charge in [0, 0.05) is 19.6 Å². The van der Waals surface area contributed by atoms with Gasteiger partial charge in [-0.2, -0.15) is 0 Å². The second-order valence-corrected chi connectivity index (χ2v) is 8.99. The van der Waals surface area contributed by atoms with Crippen LogP contribution >= 0.6 is 7.37 Å². The van der Waals surface area contributed by atoms with Crippen molar-refractivity contribution in [1.82, 2.24) is 5.32 Å². The van der Waals surface area contributed by atoms with Crippen LogP contribution in [0.15, 0.2) is 0 Å². The lowest BCUT2D eigenvalue weighted by molar-refractivity contribution is -0.184. The summed E-state index contributed by atoms with van der Waals surface area (Å²) < 4.78 is 42.9. The minimum atomic E-state index is -4.88. The molecule has 0 aliphatic rings. The molecule has 1 amide bonds. The summed E-state index contributed by atoms with van der Waals surface area (Å²) in [5.74, 6) is -4.02. The van der Waals surface area contributed by atoms with Gasteiger partial charge in [0.25, 0.3) is 7.37 Å². The zero-order valence-corrected chi connectivity index (χ0v) is 17.2. The van der Waals surface area contributed by atoms with Gasteiger partial charge in [0.1, 0.15) is 5.60 Å². The number of alkyl halides is 1. The summed E-state index contributed by atoms with van der Waals surface area (Å²) in [7, 11) is -4.88. The summed E-state index contributed by atoms with van der Waals surface area (Å²) >= 11 is 0. The number of Topliss-reactive ketones (excluding diaryl/α,β-unsaturated/α-hetero) is 1. The number of nitrogens with one attached hydrogen (secondary N) is 1. The average Bonchev–Trinajstić information content (AvgIpc) is 2.50. The SMILES string of the molecule is CCCC(OCC)(OCC)P(=O)(O)C(F)C(=O)CNC(=O)OC(C)(C)C. The second kappa shape index (κ2) is 10.3. The zero-order valence-electron chi connectivity index (χ0n) is 16.3. The van der Waals surface area contributed by atoms with Gasteiger partial charge in [-0.25, -0.2) is 9.18 Å². The molecular formula is C16H31FNO7P. The van der Waals surface area contributed by atoms with Gasteiger partial charge in [-0.3, -0.25) is 9.36 Å². The standard InChI is InChI=1S/C16H31FNO7P/c1-7-10-16(23-8-2,24-9-3)26(21,22)13(17)12(19)11-18-14(20)25-15(4,5)6/h13H,7-11H2,1-6H3,(H,18,20)(H,21,22). The molecule has 0 radical (unpaired) electrons. The molecule has 0 spiro atoms. The summed E-state index contributed by atoms with van der Waals surface area (Å²) in [5, 5.41) is 2.07. The van der Waals surface area contributed by atoms with E-state index in [4.69, 9.17) is 14.2 Å². The van der Waals surface area contributed by atoms with Gasteiger partial charge in [-0.05, 0) is 34.6 Å². The van der Waals surface area contributed by atoms with E-state index in [2.05, 4.69) is 5.32 Å². The van der Waals surface area contributed by atoms with Crippen molar-refractivity contribution in [2.45, 2.75) is 71.4 Å². The van der Waals surface area contributed by atoms with E-state index >= 15 is 0 Å². The number of hydrogen-bond acceptors (Lipinski definition) is 6. The van der Waals surface area contributed by atoms with Gasteiger partial charge >= 0.3 is 6.09 Å². The Kier molecular flexibility index (Phi) is 9.94. The van der Waals surface area contributed by atoms with Crippen molar-refractivity contribution in [3.05, 3.63) is 0 Å². The first-order valence-corrected chi connectivity index (χ1v) is 10.3. The van der Waals surface area contributed by atoms with Gasteiger partial charge in [0.2, 0.25) is 11.4 Å². The number of alkyl carbamates (subject to hydrolysis) is 1. The van der Waals surface area contributed by atoms with Gasteiger partial charge in [-0.15, -0.1) is 0 Å². The maximum Gasteiger partial charge on any atom is 0.408 e. The number of rotatable bonds is 11. The Morgan fingerprint density at radius 3 is 2.04 bits per heavy atom. The quantitative estimate of drug-likeness (QED) is 0.405. The molecule has 0 saturated heterocycles. The van der Waals surface area contributed by atoms with Gasteiger partial charge in [-0.1, -0.05) is 13.3 Å². The van der Waals surface area contributed by atoms with Crippen molar-refractivity contribution in [3.63, 3.8) is 0 Å². The van der Waals surface area contributed by atoms with E-state index in [1.165, 1.54) is 0 Å². The van der Waals surface area contributed by atoms with Crippen LogP contribution in [0, 0.1) is 0 Å². The predicted molar refractivity (Wildman–Crippen MR) is 94.9 cm³/mol. The van der Waals surface area contributed by atoms with Crippen molar-refractivity contribution in [1.29, 1.82) is 0 Å². The number of carbonyl (C=O) groups excluding carboxylic acids is 2. The first-order chi connectivity index (χ1) is 11.9. The molecule has 0 aliphatic heterocycles. The summed E-state index contributed by atoms with van der Waals surface area (Å²) in [6.07, 6.45) is -0.614. The minimum Gasteiger partial charge on any atom is -0.444 e. The smallest absolute Gasteiger partial charge is 0.408 e. The molecule has 0 bridgehead atoms. The molecule has 2 N–H and O–H groups in total. The molecule has 26 heavy (non-hydrogen) atoms. The third-order valence-corrected chi connectivity index (χ3v) is 5.53. The molecule has 0 aromatic heterocycles. The Morgan fingerprint density at radius 2 is 1.65 bits per heavy atom. The van der Waals surface area contributed by atoms with E-state index in [1.54, 1.807) is 41.5 Å². The van der Waals surface area contributed by atoms with Crippen molar-refractivity contribution < 1.29 is 37.6 Å². The summed E-state index contributed by atoms with van der Waals surface area (Å²) in [6, 6.07) is 0. The largest absolute Gasteiger partial charge is 0.444 e. The molecule has 0 heterocycles. The van der Waals surface area contributed by atoms with E-state index < -0.39 is 42.8 Å². The first kappa shape index (κ1) is 25.0. The predicted octanol–water partition coefficient (Wildman–Crippen LogP) is 3.17. The van der Waals surface area contributed by atoms with Crippen molar-refractivity contribution in [2.75, 3.05) is 19.8 Å². The van der Waals surface area contributed by atoms with Gasteiger partial charge in [0.15, 0.2) is 5.78 Å². The summed E-state index contributed by atoms with van der Waals surface area (Å²) in [4.78, 5) is 34.0. The average molecular weight is 399 g/mol. The van der Waals surface area contributed by atoms with Crippen LogP contribution in [0.1, 0.15) is 54.4 Å². The maximum absolute atomic E-state index is 14.6. The Labute approximate surface area is 154 Å². The lowest BCUT2D eigenvalue weighted by Crippen LogP contribution is -2.43. The molecule has 0 fully saturated rings. The molecular weight excluding hydrogens is 368 g/mol. The highest BCUT2D eigenvalue weighted by molar-refractivity contribution is 7.60. The maximum atomic E-state index is 14.6. The zero-order chi connectivity index (χ0) is 20.6. The number of amides is 1. The molecule has 2 atom stereocenters. The number of ether oxygens (including phenoxy) is 3. The highest BCUT2D eigenvalue weighted by Crippen LogP contribution is 2.62. The number of ketones is 1. The fourth-order valence-corrected chi connectivity index (χ4v) is 4.22. The first-order valence-electron chi connectivity index (χ1n) is 8.61. The van der Waals surface area contributed by atoms with Crippen LogP contribution in [0.4, 0.5) is 9.18 Å². The van der Waals surface area contributed by atoms with Crippen molar-refractivity contribution >= 4 is 19.2 Å². The van der Waals surface area contributed by atoms with Gasteiger partial charge in [0.05, 0.1) is 6.54 Å². The number of halogens is 1. The molecule has 0 aliphatic carbocycles. The molecule has 154 valence electrons. The molecule has 2 unspecified atom stereocenters. The van der Waals surface area contributed by atoms with Crippen LogP contribution in [0.25, 0.3) is 0 Å². The minimum absolute atomic E-state index is 0.00161. The Balaban J connectivity index is 5.25. The van der Waals surface area contributed by atoms with Crippen LogP contribution in [-0.2, 0) is 23.6 Å². The lowest BCUT2D eigenvalue weighted by atomic mass is 10.2. The highest BCUT2D eigenvalue weighted by atomic mass is 31.2. The third-order valence-electron chi connectivity index (χ3n) is 3.17. The second-order valence-electron chi connectivity index (χ2n) is 6.61. The summed E-state index contributed by atoms with van der Waals surface area (Å²) in [6.45, 7) is 8.94. The van der Waals surface area contributed by atoms with E-state index in [1.807, 2.05) is 0 Å². The van der Waals surface area contributed by atoms with Crippen LogP contribution in [-0.4, -0.2) is 53.6 Å². The topological polar surface area (TPSA) is 111 Å². The Bertz CT molecular complexity index is 504. The Hall–Kier alpha value is -1.02. The van der Waals surface area contributed by atoms with E-state index in [9.17, 15) is 23.4 Å². The molecule has 8 nitrogen and oxygen atoms in total. The van der Waals surface area contributed by atoms with Crippen molar-refractivity contribution in [2.24, 2.45) is 0 Å². The van der Waals surface area contributed by atoms with E-state index in [-0.39, 0.29) is 19.6 Å². The van der Waals surface area contributed by atoms with E-state index in [0.29, 0.717) is 6.42 Å². The number of hydrogen-bond donors (Lipinski definition) is 2. The molecule has 0 aromatic rings. The van der Waals surface area contributed by atoms with E-state index in [0.717, 1.165) is 0 Å². The lowest BCUT2D eigenvalue weighted by Gasteiger charge is -2.37. The van der Waals surface area contributed by atoms with Crippen LogP contribution in [0.3, 0.4) is 0 Å². The van der Waals surface area contributed by atoms with Gasteiger partial charge < -0.3 is 24.4 Å². The number of carbonyl (C=O) groups is 2. The van der Waals surface area contributed by atoms with Crippen LogP contribution < -0.4 is 5.32 Å². The monoisotopic (exact) mass is 399 g/mol. The highest BCUT2D eigenvalue weighted by Gasteiger charge is 2.56. The van der Waals surface area contributed by atoms with Crippen LogP contribution in [0.2, 0.25) is 0 Å². The van der Waals surface area contributed by atoms with Crippen LogP contribution in [0.5, 0.6) is 0 Å². The van der Waals surface area contributed by atoms with Crippen molar-refractivity contribution in [3.8, 4) is 0 Å².